The number of aryl methyl sites for hydroxylation is 1. The summed E-state index contributed by atoms with van der Waals surface area (Å²) in [6.45, 7) is 17.0. The fourth-order valence-corrected chi connectivity index (χ4v) is 4.70. The van der Waals surface area contributed by atoms with Gasteiger partial charge in [-0.1, -0.05) is 38.5 Å². The minimum absolute atomic E-state index is 0.0544. The molecule has 0 spiro atoms. The fraction of sp³-hybridized carbons (Fsp3) is 0.565. The number of imide groups is 1. The SMILES string of the molecule is Cc1ccc(S(=O)(=O)OC2=CC(=O)N(C(=O)OC(C)(C)C)[C@H]2CO[Si](C)(C)C(C)(C)C)cc1. The minimum atomic E-state index is -4.23. The molecule has 2 amide bonds. The zero-order chi connectivity index (χ0) is 25.4. The summed E-state index contributed by atoms with van der Waals surface area (Å²) in [5, 5.41) is -0.134. The van der Waals surface area contributed by atoms with Gasteiger partial charge in [-0.2, -0.15) is 8.42 Å². The highest BCUT2D eigenvalue weighted by molar-refractivity contribution is 7.86. The van der Waals surface area contributed by atoms with Crippen LogP contribution in [0.3, 0.4) is 0 Å². The lowest BCUT2D eigenvalue weighted by Crippen LogP contribution is -2.49. The quantitative estimate of drug-likeness (QED) is 0.413. The van der Waals surface area contributed by atoms with E-state index in [1.54, 1.807) is 32.9 Å². The first kappa shape index (κ1) is 27.1. The van der Waals surface area contributed by atoms with E-state index < -0.39 is 42.1 Å². The van der Waals surface area contributed by atoms with Crippen molar-refractivity contribution in [1.82, 2.24) is 4.90 Å². The van der Waals surface area contributed by atoms with E-state index >= 15 is 0 Å². The number of hydrogen-bond acceptors (Lipinski definition) is 7. The molecule has 0 unspecified atom stereocenters. The molecule has 0 N–H and O–H groups in total. The normalized spacial score (nSPS) is 17.7. The molecule has 0 bridgehead atoms. The van der Waals surface area contributed by atoms with Gasteiger partial charge in [0.05, 0.1) is 6.61 Å². The Balaban J connectivity index is 2.38. The van der Waals surface area contributed by atoms with Crippen LogP contribution < -0.4 is 0 Å². The second kappa shape index (κ2) is 9.23. The first-order chi connectivity index (χ1) is 14.8. The Hall–Kier alpha value is -2.17. The van der Waals surface area contributed by atoms with Crippen molar-refractivity contribution in [2.24, 2.45) is 0 Å². The predicted molar refractivity (Wildman–Crippen MR) is 128 cm³/mol. The molecule has 1 aromatic carbocycles. The van der Waals surface area contributed by atoms with Crippen LogP contribution in [-0.2, 0) is 28.3 Å². The van der Waals surface area contributed by atoms with Crippen molar-refractivity contribution in [3.63, 3.8) is 0 Å². The van der Waals surface area contributed by atoms with Crippen LogP contribution in [-0.4, -0.2) is 51.9 Å². The number of carbonyl (C=O) groups excluding carboxylic acids is 2. The Morgan fingerprint density at radius 1 is 1.06 bits per heavy atom. The average molecular weight is 498 g/mol. The monoisotopic (exact) mass is 497 g/mol. The molecule has 8 nitrogen and oxygen atoms in total. The summed E-state index contributed by atoms with van der Waals surface area (Å²) in [5.41, 5.74) is 0.0423. The second-order valence-electron chi connectivity index (χ2n) is 10.7. The average Bonchev–Trinajstić information content (AvgIpc) is 2.92. The number of hydrogen-bond donors (Lipinski definition) is 0. The summed E-state index contributed by atoms with van der Waals surface area (Å²) < 4.78 is 42.7. The minimum Gasteiger partial charge on any atom is -0.443 e. The summed E-state index contributed by atoms with van der Waals surface area (Å²) >= 11 is 0. The molecule has 1 aromatic rings. The molecule has 1 atom stereocenters. The van der Waals surface area contributed by atoms with Gasteiger partial charge >= 0.3 is 16.2 Å². The van der Waals surface area contributed by atoms with Crippen LogP contribution in [0.4, 0.5) is 4.79 Å². The van der Waals surface area contributed by atoms with Crippen LogP contribution >= 0.6 is 0 Å². The van der Waals surface area contributed by atoms with E-state index in [2.05, 4.69) is 20.8 Å². The van der Waals surface area contributed by atoms with E-state index in [0.29, 0.717) is 0 Å². The fourth-order valence-electron chi connectivity index (χ4n) is 2.72. The van der Waals surface area contributed by atoms with Gasteiger partial charge in [0.2, 0.25) is 0 Å². The van der Waals surface area contributed by atoms with Gasteiger partial charge in [0, 0.05) is 6.08 Å². The molecule has 0 fully saturated rings. The summed E-state index contributed by atoms with van der Waals surface area (Å²) in [5.74, 6) is -0.896. The van der Waals surface area contributed by atoms with Gasteiger partial charge in [0.1, 0.15) is 16.5 Å². The summed E-state index contributed by atoms with van der Waals surface area (Å²) in [7, 11) is -6.51. The summed E-state index contributed by atoms with van der Waals surface area (Å²) in [6, 6.07) is 5.08. The van der Waals surface area contributed by atoms with Crippen LogP contribution in [0.25, 0.3) is 0 Å². The maximum atomic E-state index is 12.9. The number of rotatable bonds is 6. The highest BCUT2D eigenvalue weighted by Gasteiger charge is 2.45. The number of ether oxygens (including phenoxy) is 1. The van der Waals surface area contributed by atoms with Crippen molar-refractivity contribution in [1.29, 1.82) is 0 Å². The van der Waals surface area contributed by atoms with E-state index in [-0.39, 0.29) is 22.3 Å². The van der Waals surface area contributed by atoms with Crippen LogP contribution in [0.5, 0.6) is 0 Å². The van der Waals surface area contributed by atoms with Gasteiger partial charge in [0.15, 0.2) is 14.1 Å². The smallest absolute Gasteiger partial charge is 0.418 e. The molecule has 2 rings (SSSR count). The lowest BCUT2D eigenvalue weighted by Gasteiger charge is -2.38. The summed E-state index contributed by atoms with van der Waals surface area (Å²) in [4.78, 5) is 26.4. The topological polar surface area (TPSA) is 99.2 Å². The molecule has 0 saturated carbocycles. The van der Waals surface area contributed by atoms with E-state index in [1.165, 1.54) is 12.1 Å². The van der Waals surface area contributed by atoms with E-state index in [0.717, 1.165) is 16.5 Å². The third-order valence-electron chi connectivity index (χ3n) is 5.66. The molecule has 0 saturated heterocycles. The predicted octanol–water partition coefficient (Wildman–Crippen LogP) is 4.75. The Kier molecular flexibility index (Phi) is 7.57. The molecule has 1 heterocycles. The Bertz CT molecular complexity index is 1030. The van der Waals surface area contributed by atoms with Crippen molar-refractivity contribution < 1.29 is 31.4 Å². The third-order valence-corrected chi connectivity index (χ3v) is 11.4. The van der Waals surface area contributed by atoms with Crippen LogP contribution in [0.15, 0.2) is 41.0 Å². The van der Waals surface area contributed by atoms with Gasteiger partial charge in [-0.3, -0.25) is 4.79 Å². The first-order valence-electron chi connectivity index (χ1n) is 10.8. The van der Waals surface area contributed by atoms with E-state index in [4.69, 9.17) is 13.3 Å². The third kappa shape index (κ3) is 6.67. The van der Waals surface area contributed by atoms with Gasteiger partial charge in [-0.05, 0) is 58.0 Å². The molecule has 0 aromatic heterocycles. The first-order valence-corrected chi connectivity index (χ1v) is 15.1. The molecule has 184 valence electrons. The van der Waals surface area contributed by atoms with Crippen LogP contribution in [0, 0.1) is 6.92 Å². The summed E-state index contributed by atoms with van der Waals surface area (Å²) in [6.07, 6.45) is 0.119. The molecule has 1 aliphatic rings. The lowest BCUT2D eigenvalue weighted by atomic mass is 10.2. The van der Waals surface area contributed by atoms with E-state index in [9.17, 15) is 18.0 Å². The molecule has 0 aliphatic carbocycles. The van der Waals surface area contributed by atoms with Gasteiger partial charge < -0.3 is 13.3 Å². The Labute approximate surface area is 198 Å². The molecule has 0 radical (unpaired) electrons. The highest BCUT2D eigenvalue weighted by Crippen LogP contribution is 2.37. The number of amides is 2. The van der Waals surface area contributed by atoms with Crippen molar-refractivity contribution in [3.05, 3.63) is 41.7 Å². The van der Waals surface area contributed by atoms with Crippen molar-refractivity contribution in [2.75, 3.05) is 6.61 Å². The van der Waals surface area contributed by atoms with Crippen molar-refractivity contribution in [3.8, 4) is 0 Å². The molecule has 1 aliphatic heterocycles. The molecular weight excluding hydrogens is 462 g/mol. The van der Waals surface area contributed by atoms with E-state index in [1.807, 2.05) is 20.0 Å². The molecular formula is C23H35NO7SSi. The van der Waals surface area contributed by atoms with Gasteiger partial charge in [-0.25, -0.2) is 9.69 Å². The zero-order valence-corrected chi connectivity index (χ0v) is 22.7. The standard InChI is InChI=1S/C23H35NO7SSi/c1-16-10-12-17(13-11-16)32(27,28)31-19-14-20(25)24(21(26)30-22(2,3)4)18(19)15-29-33(8,9)23(5,6)7/h10-14,18H,15H2,1-9H3/t18-/m0/s1. The van der Waals surface area contributed by atoms with Crippen LogP contribution in [0.2, 0.25) is 18.1 Å². The largest absolute Gasteiger partial charge is 0.443 e. The zero-order valence-electron chi connectivity index (χ0n) is 20.9. The maximum Gasteiger partial charge on any atom is 0.418 e. The van der Waals surface area contributed by atoms with Crippen LogP contribution in [0.1, 0.15) is 47.1 Å². The van der Waals surface area contributed by atoms with Crippen molar-refractivity contribution in [2.45, 2.75) is 83.1 Å². The number of carbonyl (C=O) groups is 2. The lowest BCUT2D eigenvalue weighted by molar-refractivity contribution is -0.125. The highest BCUT2D eigenvalue weighted by atomic mass is 32.2. The van der Waals surface area contributed by atoms with Gasteiger partial charge in [-0.15, -0.1) is 0 Å². The Morgan fingerprint density at radius 2 is 1.61 bits per heavy atom. The molecule has 10 heteroatoms. The maximum absolute atomic E-state index is 12.9. The molecule has 33 heavy (non-hydrogen) atoms. The number of benzene rings is 1. The van der Waals surface area contributed by atoms with Gasteiger partial charge in [0.25, 0.3) is 5.91 Å². The Morgan fingerprint density at radius 3 is 2.09 bits per heavy atom. The number of nitrogens with zero attached hydrogens (tertiary/aromatic N) is 1. The second-order valence-corrected chi connectivity index (χ2v) is 17.0. The van der Waals surface area contributed by atoms with Crippen molar-refractivity contribution >= 4 is 30.4 Å².